The predicted octanol–water partition coefficient (Wildman–Crippen LogP) is 4.18. The minimum absolute atomic E-state index is 0.199. The summed E-state index contributed by atoms with van der Waals surface area (Å²) in [5.41, 5.74) is 2.18. The monoisotopic (exact) mass is 277 g/mol. The van der Waals surface area contributed by atoms with Gasteiger partial charge in [0.15, 0.2) is 0 Å². The molecule has 0 saturated heterocycles. The van der Waals surface area contributed by atoms with E-state index in [1.807, 2.05) is 0 Å². The van der Waals surface area contributed by atoms with E-state index in [4.69, 9.17) is 0 Å². The fourth-order valence-corrected chi connectivity index (χ4v) is 3.05. The molecule has 0 aliphatic carbocycles. The molecule has 2 nitrogen and oxygen atoms in total. The Bertz CT molecular complexity index is 383. The van der Waals surface area contributed by atoms with Gasteiger partial charge >= 0.3 is 0 Å². The lowest BCUT2D eigenvalue weighted by Crippen LogP contribution is -2.50. The van der Waals surface area contributed by atoms with E-state index in [2.05, 4.69) is 63.8 Å². The van der Waals surface area contributed by atoms with Crippen LogP contribution in [0.3, 0.4) is 0 Å². The summed E-state index contributed by atoms with van der Waals surface area (Å²) in [5, 5.41) is 10.9. The van der Waals surface area contributed by atoms with Gasteiger partial charge in [-0.2, -0.15) is 0 Å². The molecule has 0 amide bonds. The lowest BCUT2D eigenvalue weighted by atomic mass is 9.84. The highest BCUT2D eigenvalue weighted by atomic mass is 16.3. The predicted molar refractivity (Wildman–Crippen MR) is 87.0 cm³/mol. The number of hydrogen-bond acceptors (Lipinski definition) is 2. The highest BCUT2D eigenvalue weighted by molar-refractivity contribution is 5.26. The average Bonchev–Trinajstić information content (AvgIpc) is 2.48. The highest BCUT2D eigenvalue weighted by Crippen LogP contribution is 2.34. The molecule has 0 aliphatic rings. The lowest BCUT2D eigenvalue weighted by molar-refractivity contribution is -0.0213. The van der Waals surface area contributed by atoms with E-state index in [-0.39, 0.29) is 5.54 Å². The number of benzene rings is 1. The van der Waals surface area contributed by atoms with Crippen molar-refractivity contribution in [3.8, 4) is 0 Å². The molecular formula is C18H31NO. The third kappa shape index (κ3) is 3.62. The molecule has 0 aliphatic heterocycles. The standard InChI is InChI=1S/C18H31NO/c1-6-10-15-11-13-16(14-12-15)17(20)18(5,7-2)19(8-3)9-4/h11-14,17,20H,6-10H2,1-5H3. The van der Waals surface area contributed by atoms with Crippen LogP contribution in [0.4, 0.5) is 0 Å². The van der Waals surface area contributed by atoms with Gasteiger partial charge in [0.25, 0.3) is 0 Å². The normalized spacial score (nSPS) is 16.1. The van der Waals surface area contributed by atoms with Crippen LogP contribution in [0, 0.1) is 0 Å². The third-order valence-electron chi connectivity index (χ3n) is 4.62. The number of rotatable bonds is 8. The first kappa shape index (κ1) is 17.2. The SMILES string of the molecule is CCCc1ccc(C(O)C(C)(CC)N(CC)CC)cc1. The van der Waals surface area contributed by atoms with E-state index in [1.165, 1.54) is 5.56 Å². The first-order chi connectivity index (χ1) is 9.53. The van der Waals surface area contributed by atoms with E-state index < -0.39 is 6.10 Å². The van der Waals surface area contributed by atoms with Crippen molar-refractivity contribution in [3.05, 3.63) is 35.4 Å². The maximum Gasteiger partial charge on any atom is 0.0970 e. The summed E-state index contributed by atoms with van der Waals surface area (Å²) >= 11 is 0. The van der Waals surface area contributed by atoms with Gasteiger partial charge in [0.2, 0.25) is 0 Å². The molecule has 0 heterocycles. The van der Waals surface area contributed by atoms with Crippen molar-refractivity contribution < 1.29 is 5.11 Å². The van der Waals surface area contributed by atoms with Gasteiger partial charge in [-0.05, 0) is 44.0 Å². The quantitative estimate of drug-likeness (QED) is 0.770. The van der Waals surface area contributed by atoms with Crippen molar-refractivity contribution in [2.24, 2.45) is 0 Å². The molecule has 0 aromatic heterocycles. The molecule has 0 fully saturated rings. The van der Waals surface area contributed by atoms with Crippen LogP contribution in [0.5, 0.6) is 0 Å². The van der Waals surface area contributed by atoms with E-state index in [9.17, 15) is 5.11 Å². The zero-order valence-electron chi connectivity index (χ0n) is 13.8. The minimum Gasteiger partial charge on any atom is -0.386 e. The van der Waals surface area contributed by atoms with Gasteiger partial charge in [-0.3, -0.25) is 4.90 Å². The Kier molecular flexibility index (Phi) is 6.70. The van der Waals surface area contributed by atoms with E-state index in [1.54, 1.807) is 0 Å². The van der Waals surface area contributed by atoms with Crippen LogP contribution in [0.2, 0.25) is 0 Å². The molecule has 2 atom stereocenters. The third-order valence-corrected chi connectivity index (χ3v) is 4.62. The van der Waals surface area contributed by atoms with Gasteiger partial charge < -0.3 is 5.11 Å². The summed E-state index contributed by atoms with van der Waals surface area (Å²) in [4.78, 5) is 2.36. The largest absolute Gasteiger partial charge is 0.386 e. The first-order valence-electron chi connectivity index (χ1n) is 8.05. The number of aliphatic hydroxyl groups excluding tert-OH is 1. The van der Waals surface area contributed by atoms with Crippen LogP contribution in [0.15, 0.2) is 24.3 Å². The fraction of sp³-hybridized carbons (Fsp3) is 0.667. The Labute approximate surface area is 124 Å². The molecule has 20 heavy (non-hydrogen) atoms. The molecule has 0 radical (unpaired) electrons. The maximum absolute atomic E-state index is 10.9. The van der Waals surface area contributed by atoms with Crippen molar-refractivity contribution in [3.63, 3.8) is 0 Å². The molecular weight excluding hydrogens is 246 g/mol. The Morgan fingerprint density at radius 2 is 1.60 bits per heavy atom. The average molecular weight is 277 g/mol. The highest BCUT2D eigenvalue weighted by Gasteiger charge is 2.36. The molecule has 114 valence electrons. The Morgan fingerprint density at radius 1 is 1.05 bits per heavy atom. The summed E-state index contributed by atoms with van der Waals surface area (Å²) in [7, 11) is 0. The molecule has 0 bridgehead atoms. The number of aliphatic hydroxyl groups is 1. The van der Waals surface area contributed by atoms with Crippen molar-refractivity contribution in [1.29, 1.82) is 0 Å². The molecule has 1 N–H and O–H groups in total. The van der Waals surface area contributed by atoms with Gasteiger partial charge in [-0.1, -0.05) is 58.4 Å². The molecule has 2 heteroatoms. The second-order valence-corrected chi connectivity index (χ2v) is 5.78. The van der Waals surface area contributed by atoms with Crippen LogP contribution >= 0.6 is 0 Å². The van der Waals surface area contributed by atoms with Crippen LogP contribution in [0.25, 0.3) is 0 Å². The zero-order valence-corrected chi connectivity index (χ0v) is 13.8. The van der Waals surface area contributed by atoms with Gasteiger partial charge in [0, 0.05) is 5.54 Å². The Balaban J connectivity index is 2.97. The molecule has 2 unspecified atom stereocenters. The van der Waals surface area contributed by atoms with Crippen LogP contribution in [-0.4, -0.2) is 28.6 Å². The minimum atomic E-state index is -0.442. The lowest BCUT2D eigenvalue weighted by Gasteiger charge is -2.43. The smallest absolute Gasteiger partial charge is 0.0970 e. The van der Waals surface area contributed by atoms with Crippen LogP contribution in [-0.2, 0) is 6.42 Å². The number of nitrogens with zero attached hydrogens (tertiary/aromatic N) is 1. The van der Waals surface area contributed by atoms with Crippen LogP contribution < -0.4 is 0 Å². The van der Waals surface area contributed by atoms with Gasteiger partial charge in [0.1, 0.15) is 0 Å². The fourth-order valence-electron chi connectivity index (χ4n) is 3.05. The van der Waals surface area contributed by atoms with Crippen molar-refractivity contribution >= 4 is 0 Å². The van der Waals surface area contributed by atoms with Crippen molar-refractivity contribution in [1.82, 2.24) is 4.90 Å². The molecule has 1 rings (SSSR count). The topological polar surface area (TPSA) is 23.5 Å². The van der Waals surface area contributed by atoms with Crippen LogP contribution in [0.1, 0.15) is 64.7 Å². The number of aryl methyl sites for hydroxylation is 1. The molecule has 1 aromatic rings. The van der Waals surface area contributed by atoms with Crippen molar-refractivity contribution in [2.45, 2.75) is 65.5 Å². The van der Waals surface area contributed by atoms with Gasteiger partial charge in [0.05, 0.1) is 6.10 Å². The maximum atomic E-state index is 10.9. The van der Waals surface area contributed by atoms with E-state index in [0.717, 1.165) is 37.9 Å². The van der Waals surface area contributed by atoms with Crippen molar-refractivity contribution in [2.75, 3.05) is 13.1 Å². The molecule has 0 spiro atoms. The van der Waals surface area contributed by atoms with Gasteiger partial charge in [-0.25, -0.2) is 0 Å². The van der Waals surface area contributed by atoms with E-state index >= 15 is 0 Å². The Morgan fingerprint density at radius 3 is 2.00 bits per heavy atom. The molecule has 1 aromatic carbocycles. The number of hydrogen-bond donors (Lipinski definition) is 1. The summed E-state index contributed by atoms with van der Waals surface area (Å²) in [5.74, 6) is 0. The summed E-state index contributed by atoms with van der Waals surface area (Å²) in [6.07, 6.45) is 2.76. The second kappa shape index (κ2) is 7.80. The second-order valence-electron chi connectivity index (χ2n) is 5.78. The molecule has 0 saturated carbocycles. The zero-order chi connectivity index (χ0) is 15.2. The van der Waals surface area contributed by atoms with Gasteiger partial charge in [-0.15, -0.1) is 0 Å². The van der Waals surface area contributed by atoms with E-state index in [0.29, 0.717) is 0 Å². The summed E-state index contributed by atoms with van der Waals surface area (Å²) < 4.78 is 0. The first-order valence-corrected chi connectivity index (χ1v) is 8.05. The summed E-state index contributed by atoms with van der Waals surface area (Å²) in [6, 6.07) is 8.49. The Hall–Kier alpha value is -0.860. The number of likely N-dealkylation sites (N-methyl/N-ethyl adjacent to an activating group) is 1. The summed E-state index contributed by atoms with van der Waals surface area (Å²) in [6.45, 7) is 12.8.